The molecule has 1 aromatic heterocycles. The Hall–Kier alpha value is -3.00. The van der Waals surface area contributed by atoms with Crippen LogP contribution in [0.25, 0.3) is 0 Å². The average Bonchev–Trinajstić information content (AvgIpc) is 2.92. The number of nitrogens with zero attached hydrogens (tertiary/aromatic N) is 2. The summed E-state index contributed by atoms with van der Waals surface area (Å²) in [5.41, 5.74) is 3.96. The van der Waals surface area contributed by atoms with E-state index in [2.05, 4.69) is 20.5 Å². The number of carboxylic acid groups (broad SMARTS) is 1. The molecule has 3 aromatic rings. The van der Waals surface area contributed by atoms with Gasteiger partial charge in [-0.05, 0) is 73.6 Å². The van der Waals surface area contributed by atoms with Gasteiger partial charge in [0.1, 0.15) is 11.9 Å². The first kappa shape index (κ1) is 30.0. The van der Waals surface area contributed by atoms with Gasteiger partial charge in [0.05, 0.1) is 0 Å². The van der Waals surface area contributed by atoms with Crippen LogP contribution in [-0.4, -0.2) is 47.6 Å². The standard InChI is InChI=1S/C30H33Cl3N4O3/c1-19-15-23(30(31,32)33)16-20(2)27(19)28(38)36-25(29(39)40)17-21-6-8-24(9-7-21)37-13-10-22(11-14-37)18-35-26-5-3-4-12-34-26/h3-9,12,15-16,22,25H,10-11,13-14,17-18H2,1-2H3,(H,34,35)(H,36,38)(H,39,40). The number of rotatable bonds is 9. The molecule has 1 aliphatic heterocycles. The molecule has 212 valence electrons. The van der Waals surface area contributed by atoms with Gasteiger partial charge in [-0.2, -0.15) is 0 Å². The van der Waals surface area contributed by atoms with E-state index in [-0.39, 0.29) is 6.42 Å². The van der Waals surface area contributed by atoms with Gasteiger partial charge < -0.3 is 20.6 Å². The maximum Gasteiger partial charge on any atom is 0.326 e. The molecule has 2 aromatic carbocycles. The molecule has 1 fully saturated rings. The highest BCUT2D eigenvalue weighted by atomic mass is 35.6. The summed E-state index contributed by atoms with van der Waals surface area (Å²) in [4.78, 5) is 31.8. The van der Waals surface area contributed by atoms with Crippen molar-refractivity contribution >= 4 is 58.2 Å². The van der Waals surface area contributed by atoms with Gasteiger partial charge in [0.25, 0.3) is 5.91 Å². The summed E-state index contributed by atoms with van der Waals surface area (Å²) in [5, 5.41) is 15.9. The van der Waals surface area contributed by atoms with Gasteiger partial charge in [-0.15, -0.1) is 0 Å². The number of aromatic nitrogens is 1. The topological polar surface area (TPSA) is 94.6 Å². The molecule has 4 rings (SSSR count). The second-order valence-electron chi connectivity index (χ2n) is 10.2. The molecule has 10 heteroatoms. The third-order valence-electron chi connectivity index (χ3n) is 7.28. The fourth-order valence-electron chi connectivity index (χ4n) is 5.11. The fraction of sp³-hybridized carbons (Fsp3) is 0.367. The number of hydrogen-bond acceptors (Lipinski definition) is 5. The summed E-state index contributed by atoms with van der Waals surface area (Å²) in [6.45, 7) is 6.28. The molecule has 1 amide bonds. The number of aliphatic carboxylic acids is 1. The molecule has 40 heavy (non-hydrogen) atoms. The lowest BCUT2D eigenvalue weighted by atomic mass is 9.96. The number of carbonyl (C=O) groups is 2. The average molecular weight is 604 g/mol. The summed E-state index contributed by atoms with van der Waals surface area (Å²) < 4.78 is -1.62. The first-order valence-corrected chi connectivity index (χ1v) is 14.4. The third kappa shape index (κ3) is 7.80. The molecular weight excluding hydrogens is 571 g/mol. The van der Waals surface area contributed by atoms with Crippen molar-refractivity contribution < 1.29 is 14.7 Å². The molecule has 0 radical (unpaired) electrons. The van der Waals surface area contributed by atoms with E-state index in [1.54, 1.807) is 32.2 Å². The number of amides is 1. The summed E-state index contributed by atoms with van der Waals surface area (Å²) in [6.07, 6.45) is 4.11. The number of alkyl halides is 3. The van der Waals surface area contributed by atoms with Gasteiger partial charge in [0.2, 0.25) is 3.79 Å². The maximum absolute atomic E-state index is 13.1. The Bertz CT molecular complexity index is 1300. The van der Waals surface area contributed by atoms with Crippen molar-refractivity contribution in [1.82, 2.24) is 10.3 Å². The van der Waals surface area contributed by atoms with E-state index in [1.807, 2.05) is 42.5 Å². The van der Waals surface area contributed by atoms with E-state index < -0.39 is 21.7 Å². The van der Waals surface area contributed by atoms with Crippen LogP contribution in [-0.2, 0) is 15.0 Å². The van der Waals surface area contributed by atoms with Gasteiger partial charge in [-0.1, -0.05) is 65.1 Å². The molecule has 1 aliphatic rings. The summed E-state index contributed by atoms with van der Waals surface area (Å²) in [6, 6.07) is 15.9. The van der Waals surface area contributed by atoms with Gasteiger partial charge >= 0.3 is 5.97 Å². The molecule has 3 N–H and O–H groups in total. The van der Waals surface area contributed by atoms with E-state index in [9.17, 15) is 14.7 Å². The zero-order chi connectivity index (χ0) is 28.9. The number of aryl methyl sites for hydroxylation is 2. The van der Waals surface area contributed by atoms with E-state index in [1.165, 1.54) is 0 Å². The van der Waals surface area contributed by atoms with Crippen LogP contribution in [0.3, 0.4) is 0 Å². The van der Waals surface area contributed by atoms with E-state index in [0.717, 1.165) is 49.5 Å². The normalized spacial score (nSPS) is 15.0. The fourth-order valence-corrected chi connectivity index (χ4v) is 5.43. The van der Waals surface area contributed by atoms with Crippen LogP contribution in [0.1, 0.15) is 45.5 Å². The molecule has 0 spiro atoms. The van der Waals surface area contributed by atoms with Gasteiger partial charge in [-0.3, -0.25) is 4.79 Å². The van der Waals surface area contributed by atoms with Crippen LogP contribution >= 0.6 is 34.8 Å². The number of benzene rings is 2. The molecule has 0 saturated carbocycles. The van der Waals surface area contributed by atoms with Gasteiger partial charge in [0, 0.05) is 49.1 Å². The first-order chi connectivity index (χ1) is 19.0. The van der Waals surface area contributed by atoms with E-state index >= 15 is 0 Å². The number of anilines is 2. The van der Waals surface area contributed by atoms with Crippen molar-refractivity contribution in [2.45, 2.75) is 42.9 Å². The second kappa shape index (κ2) is 13.1. The van der Waals surface area contributed by atoms with Crippen LogP contribution in [0.15, 0.2) is 60.8 Å². The van der Waals surface area contributed by atoms with Crippen LogP contribution in [0.5, 0.6) is 0 Å². The van der Waals surface area contributed by atoms with E-state index in [0.29, 0.717) is 28.2 Å². The molecule has 1 atom stereocenters. The van der Waals surface area contributed by atoms with Crippen molar-refractivity contribution in [2.24, 2.45) is 5.92 Å². The highest BCUT2D eigenvalue weighted by Gasteiger charge is 2.27. The lowest BCUT2D eigenvalue weighted by Gasteiger charge is -2.34. The Morgan fingerprint density at radius 1 is 1.05 bits per heavy atom. The Morgan fingerprint density at radius 3 is 2.25 bits per heavy atom. The zero-order valence-electron chi connectivity index (χ0n) is 22.5. The summed E-state index contributed by atoms with van der Waals surface area (Å²) in [5.74, 6) is -0.0924. The maximum atomic E-state index is 13.1. The number of nitrogens with one attached hydrogen (secondary N) is 2. The number of pyridine rings is 1. The molecule has 1 saturated heterocycles. The van der Waals surface area contributed by atoms with Crippen molar-refractivity contribution in [1.29, 1.82) is 0 Å². The van der Waals surface area contributed by atoms with Crippen LogP contribution in [0, 0.1) is 19.8 Å². The van der Waals surface area contributed by atoms with Crippen LogP contribution in [0.2, 0.25) is 0 Å². The smallest absolute Gasteiger partial charge is 0.326 e. The molecule has 2 heterocycles. The lowest BCUT2D eigenvalue weighted by Crippen LogP contribution is -2.42. The zero-order valence-corrected chi connectivity index (χ0v) is 24.7. The molecule has 0 aliphatic carbocycles. The number of hydrogen-bond donors (Lipinski definition) is 3. The number of piperidine rings is 1. The summed E-state index contributed by atoms with van der Waals surface area (Å²) >= 11 is 18.0. The number of carbonyl (C=O) groups excluding carboxylic acids is 1. The van der Waals surface area contributed by atoms with E-state index in [4.69, 9.17) is 34.8 Å². The number of halogens is 3. The monoisotopic (exact) mass is 602 g/mol. The van der Waals surface area contributed by atoms with Gasteiger partial charge in [0.15, 0.2) is 0 Å². The summed E-state index contributed by atoms with van der Waals surface area (Å²) in [7, 11) is 0. The Morgan fingerprint density at radius 2 is 1.70 bits per heavy atom. The van der Waals surface area contributed by atoms with Crippen molar-refractivity contribution in [3.05, 3.63) is 88.6 Å². The lowest BCUT2D eigenvalue weighted by molar-refractivity contribution is -0.139. The molecular formula is C30H33Cl3N4O3. The predicted octanol–water partition coefficient (Wildman–Crippen LogP) is 6.28. The van der Waals surface area contributed by atoms with Crippen molar-refractivity contribution in [2.75, 3.05) is 29.9 Å². The third-order valence-corrected chi connectivity index (χ3v) is 7.94. The minimum atomic E-state index is -1.62. The highest BCUT2D eigenvalue weighted by Crippen LogP contribution is 2.39. The first-order valence-electron chi connectivity index (χ1n) is 13.2. The SMILES string of the molecule is Cc1cc(C(Cl)(Cl)Cl)cc(C)c1C(=O)NC(Cc1ccc(N2CCC(CNc3ccccn3)CC2)cc1)C(=O)O. The minimum Gasteiger partial charge on any atom is -0.480 e. The van der Waals surface area contributed by atoms with Crippen LogP contribution < -0.4 is 15.5 Å². The largest absolute Gasteiger partial charge is 0.480 e. The molecule has 1 unspecified atom stereocenters. The minimum absolute atomic E-state index is 0.160. The van der Waals surface area contributed by atoms with Crippen molar-refractivity contribution in [3.8, 4) is 0 Å². The predicted molar refractivity (Wildman–Crippen MR) is 162 cm³/mol. The van der Waals surface area contributed by atoms with Crippen molar-refractivity contribution in [3.63, 3.8) is 0 Å². The quantitative estimate of drug-likeness (QED) is 0.249. The van der Waals surface area contributed by atoms with Gasteiger partial charge in [-0.25, -0.2) is 9.78 Å². The number of carboxylic acids is 1. The molecule has 7 nitrogen and oxygen atoms in total. The molecule has 0 bridgehead atoms. The van der Waals surface area contributed by atoms with Crippen LogP contribution in [0.4, 0.5) is 11.5 Å². The Balaban J connectivity index is 1.33. The Labute approximate surface area is 249 Å². The second-order valence-corrected chi connectivity index (χ2v) is 12.5. The Kier molecular flexibility index (Phi) is 9.82. The highest BCUT2D eigenvalue weighted by molar-refractivity contribution is 6.66.